The minimum Gasteiger partial charge on any atom is -0.373 e. The van der Waals surface area contributed by atoms with E-state index in [1.54, 1.807) is 0 Å². The second-order valence-corrected chi connectivity index (χ2v) is 5.25. The van der Waals surface area contributed by atoms with Crippen molar-refractivity contribution in [1.29, 1.82) is 0 Å². The molecule has 2 rings (SSSR count). The van der Waals surface area contributed by atoms with Crippen LogP contribution in [-0.2, 0) is 10.4 Å². The Hall–Kier alpha value is -1.81. The fourth-order valence-corrected chi connectivity index (χ4v) is 2.37. The SMILES string of the molecule is Nc1cc(N2CCCCC2)[n+](OS(=O)(=O)O)c(N)n1. The molecule has 0 spiro atoms. The van der Waals surface area contributed by atoms with E-state index in [2.05, 4.69) is 9.27 Å². The largest absolute Gasteiger partial charge is 0.474 e. The topological polar surface area (TPSA) is 136 Å². The molecule has 0 aliphatic carbocycles. The molecule has 0 bridgehead atoms. The average molecular weight is 290 g/mol. The van der Waals surface area contributed by atoms with Gasteiger partial charge in [0.1, 0.15) is 0 Å². The maximum absolute atomic E-state index is 10.9. The highest BCUT2D eigenvalue weighted by molar-refractivity contribution is 7.80. The molecule has 1 aliphatic rings. The molecule has 1 aliphatic heterocycles. The van der Waals surface area contributed by atoms with Crippen molar-refractivity contribution < 1.29 is 22.0 Å². The lowest BCUT2D eigenvalue weighted by Crippen LogP contribution is -2.53. The van der Waals surface area contributed by atoms with Gasteiger partial charge in [0.05, 0.1) is 19.2 Å². The highest BCUT2D eigenvalue weighted by Gasteiger charge is 2.26. The molecular formula is C9H16N5O4S+. The number of aromatic nitrogens is 2. The van der Waals surface area contributed by atoms with Crippen molar-refractivity contribution in [3.05, 3.63) is 6.07 Å². The molecule has 0 radical (unpaired) electrons. The molecule has 0 saturated carbocycles. The van der Waals surface area contributed by atoms with E-state index in [4.69, 9.17) is 16.0 Å². The van der Waals surface area contributed by atoms with Crippen LogP contribution in [0.3, 0.4) is 0 Å². The Bertz CT molecular complexity index is 570. The van der Waals surface area contributed by atoms with Gasteiger partial charge in [-0.1, -0.05) is 4.98 Å². The summed E-state index contributed by atoms with van der Waals surface area (Å²) in [5.74, 6) is 0.244. The Morgan fingerprint density at radius 3 is 2.53 bits per heavy atom. The lowest BCUT2D eigenvalue weighted by atomic mass is 10.1. The van der Waals surface area contributed by atoms with Crippen molar-refractivity contribution in [3.8, 4) is 0 Å². The van der Waals surface area contributed by atoms with Crippen molar-refractivity contribution in [2.75, 3.05) is 29.5 Å². The van der Waals surface area contributed by atoms with E-state index in [1.165, 1.54) is 6.07 Å². The molecule has 1 aromatic heterocycles. The Balaban J connectivity index is 2.44. The van der Waals surface area contributed by atoms with E-state index in [1.807, 2.05) is 4.90 Å². The van der Waals surface area contributed by atoms with E-state index in [-0.39, 0.29) is 11.8 Å². The van der Waals surface area contributed by atoms with Gasteiger partial charge in [-0.15, -0.1) is 0 Å². The summed E-state index contributed by atoms with van der Waals surface area (Å²) in [6.45, 7) is 1.44. The highest BCUT2D eigenvalue weighted by atomic mass is 32.3. The standard InChI is InChI=1S/C9H15N5O4S/c10-7-6-8(13-4-2-1-3-5-13)14(9(11)12-7)18-19(15,16)17/h6H,1-5H2,(H4,10,11,12,15,16,17)/p+1. The fraction of sp³-hybridized carbons (Fsp3) is 0.556. The summed E-state index contributed by atoms with van der Waals surface area (Å²) in [6.07, 6.45) is 3.04. The van der Waals surface area contributed by atoms with Gasteiger partial charge in [-0.25, -0.2) is 4.28 Å². The summed E-state index contributed by atoms with van der Waals surface area (Å²) < 4.78 is 35.7. The van der Waals surface area contributed by atoms with Crippen molar-refractivity contribution in [2.24, 2.45) is 0 Å². The number of piperidine rings is 1. The highest BCUT2D eigenvalue weighted by Crippen LogP contribution is 2.18. The van der Waals surface area contributed by atoms with Crippen molar-refractivity contribution >= 4 is 28.0 Å². The predicted molar refractivity (Wildman–Crippen MR) is 67.4 cm³/mol. The lowest BCUT2D eigenvalue weighted by molar-refractivity contribution is -0.836. The first-order valence-corrected chi connectivity index (χ1v) is 7.14. The fourth-order valence-electron chi connectivity index (χ4n) is 2.03. The first-order chi connectivity index (χ1) is 8.87. The third kappa shape index (κ3) is 3.35. The molecule has 0 aromatic carbocycles. The molecule has 5 N–H and O–H groups in total. The smallest absolute Gasteiger partial charge is 0.373 e. The third-order valence-electron chi connectivity index (χ3n) is 2.79. The zero-order chi connectivity index (χ0) is 14.0. The normalized spacial score (nSPS) is 16.4. The van der Waals surface area contributed by atoms with Crippen LogP contribution in [0.4, 0.5) is 17.6 Å². The molecule has 1 aromatic rings. The first-order valence-electron chi connectivity index (χ1n) is 5.77. The molecule has 2 heterocycles. The van der Waals surface area contributed by atoms with Gasteiger partial charge in [0.15, 0.2) is 5.82 Å². The molecular weight excluding hydrogens is 274 g/mol. The van der Waals surface area contributed by atoms with Gasteiger partial charge in [-0.3, -0.25) is 4.55 Å². The van der Waals surface area contributed by atoms with Crippen LogP contribution in [0.25, 0.3) is 0 Å². The van der Waals surface area contributed by atoms with E-state index in [0.717, 1.165) is 37.1 Å². The number of rotatable bonds is 3. The van der Waals surface area contributed by atoms with E-state index in [0.29, 0.717) is 5.82 Å². The minimum absolute atomic E-state index is 0.147. The summed E-state index contributed by atoms with van der Waals surface area (Å²) in [4.78, 5) is 5.58. The summed E-state index contributed by atoms with van der Waals surface area (Å²) >= 11 is 0. The molecule has 0 atom stereocenters. The van der Waals surface area contributed by atoms with Gasteiger partial charge in [-0.05, 0) is 24.0 Å². The van der Waals surface area contributed by atoms with Crippen LogP contribution in [-0.4, -0.2) is 31.0 Å². The van der Waals surface area contributed by atoms with E-state index < -0.39 is 10.4 Å². The van der Waals surface area contributed by atoms with Crippen LogP contribution in [0.2, 0.25) is 0 Å². The van der Waals surface area contributed by atoms with Crippen LogP contribution in [0.5, 0.6) is 0 Å². The predicted octanol–water partition coefficient (Wildman–Crippen LogP) is -1.24. The molecule has 9 nitrogen and oxygen atoms in total. The average Bonchev–Trinajstić information content (AvgIpc) is 2.32. The summed E-state index contributed by atoms with van der Waals surface area (Å²) in [5.41, 5.74) is 11.2. The van der Waals surface area contributed by atoms with Gasteiger partial charge >= 0.3 is 16.3 Å². The van der Waals surface area contributed by atoms with Crippen LogP contribution in [0.1, 0.15) is 19.3 Å². The van der Waals surface area contributed by atoms with Crippen molar-refractivity contribution in [2.45, 2.75) is 19.3 Å². The molecule has 10 heteroatoms. The molecule has 1 saturated heterocycles. The molecule has 0 unspecified atom stereocenters. The number of nitrogens with zero attached hydrogens (tertiary/aromatic N) is 3. The van der Waals surface area contributed by atoms with Crippen molar-refractivity contribution in [3.63, 3.8) is 0 Å². The Kier molecular flexibility index (Phi) is 3.62. The molecule has 19 heavy (non-hydrogen) atoms. The monoisotopic (exact) mass is 290 g/mol. The van der Waals surface area contributed by atoms with E-state index >= 15 is 0 Å². The molecule has 1 fully saturated rings. The third-order valence-corrected chi connectivity index (χ3v) is 3.12. The van der Waals surface area contributed by atoms with Crippen LogP contribution in [0.15, 0.2) is 6.07 Å². The van der Waals surface area contributed by atoms with E-state index in [9.17, 15) is 8.42 Å². The summed E-state index contributed by atoms with van der Waals surface area (Å²) in [6, 6.07) is 1.45. The molecule has 0 amide bonds. The second kappa shape index (κ2) is 5.05. The summed E-state index contributed by atoms with van der Waals surface area (Å²) in [7, 11) is -4.70. The van der Waals surface area contributed by atoms with Crippen LogP contribution in [0, 0.1) is 0 Å². The summed E-state index contributed by atoms with van der Waals surface area (Å²) in [5, 5.41) is 0. The van der Waals surface area contributed by atoms with Gasteiger partial charge in [-0.2, -0.15) is 8.42 Å². The number of hydrogen-bond acceptors (Lipinski definition) is 7. The maximum atomic E-state index is 10.9. The zero-order valence-corrected chi connectivity index (χ0v) is 11.0. The number of hydrogen-bond donors (Lipinski definition) is 3. The maximum Gasteiger partial charge on any atom is 0.474 e. The number of nitrogen functional groups attached to an aromatic ring is 2. The van der Waals surface area contributed by atoms with Gasteiger partial charge in [0.2, 0.25) is 5.82 Å². The van der Waals surface area contributed by atoms with Gasteiger partial charge in [0, 0.05) is 0 Å². The zero-order valence-electron chi connectivity index (χ0n) is 10.2. The molecule has 106 valence electrons. The number of anilines is 3. The Morgan fingerprint density at radius 2 is 1.95 bits per heavy atom. The Morgan fingerprint density at radius 1 is 1.32 bits per heavy atom. The van der Waals surface area contributed by atoms with Crippen LogP contribution < -0.4 is 25.4 Å². The van der Waals surface area contributed by atoms with Crippen molar-refractivity contribution in [1.82, 2.24) is 4.98 Å². The quantitative estimate of drug-likeness (QED) is 0.464. The minimum atomic E-state index is -4.70. The second-order valence-electron chi connectivity index (χ2n) is 4.24. The first kappa shape index (κ1) is 13.6. The number of nitrogens with two attached hydrogens (primary N) is 2. The Labute approximate surface area is 110 Å². The van der Waals surface area contributed by atoms with Gasteiger partial charge in [0.25, 0.3) is 0 Å². The lowest BCUT2D eigenvalue weighted by Gasteiger charge is -2.25. The van der Waals surface area contributed by atoms with Crippen LogP contribution >= 0.6 is 0 Å². The van der Waals surface area contributed by atoms with Gasteiger partial charge < -0.3 is 16.4 Å².